The van der Waals surface area contributed by atoms with Crippen LogP contribution in [0, 0.1) is 0 Å². The lowest BCUT2D eigenvalue weighted by molar-refractivity contribution is 0.0180. The molecule has 2 aliphatic heterocycles. The number of hydrogen-bond donors (Lipinski definition) is 0. The number of pyridine rings is 1. The molecule has 1 aromatic rings. The van der Waals surface area contributed by atoms with Crippen LogP contribution in [-0.2, 0) is 4.74 Å². The van der Waals surface area contributed by atoms with E-state index in [0.29, 0.717) is 5.88 Å². The Kier molecular flexibility index (Phi) is 3.51. The van der Waals surface area contributed by atoms with Crippen molar-refractivity contribution in [3.63, 3.8) is 0 Å². The number of amides is 1. The molecule has 114 valence electrons. The van der Waals surface area contributed by atoms with Crippen LogP contribution in [0.5, 0.6) is 5.88 Å². The summed E-state index contributed by atoms with van der Waals surface area (Å²) >= 11 is 0. The molecule has 3 rings (SSSR count). The van der Waals surface area contributed by atoms with E-state index in [4.69, 9.17) is 9.47 Å². The molecule has 3 heterocycles. The van der Waals surface area contributed by atoms with Crippen LogP contribution in [-0.4, -0.2) is 39.8 Å². The second-order valence-electron chi connectivity index (χ2n) is 6.75. The fourth-order valence-electron chi connectivity index (χ4n) is 3.23. The number of hydrogen-bond acceptors (Lipinski definition) is 4. The van der Waals surface area contributed by atoms with Gasteiger partial charge in [0, 0.05) is 24.7 Å². The predicted molar refractivity (Wildman–Crippen MR) is 78.2 cm³/mol. The molecule has 0 aromatic carbocycles. The molecular weight excluding hydrogens is 268 g/mol. The van der Waals surface area contributed by atoms with Crippen molar-refractivity contribution in [1.82, 2.24) is 9.88 Å². The second-order valence-corrected chi connectivity index (χ2v) is 6.75. The van der Waals surface area contributed by atoms with Gasteiger partial charge < -0.3 is 9.47 Å². The lowest BCUT2D eigenvalue weighted by atomic mass is 9.98. The Bertz CT molecular complexity index is 512. The van der Waals surface area contributed by atoms with E-state index in [2.05, 4.69) is 4.98 Å². The van der Waals surface area contributed by atoms with Crippen molar-refractivity contribution in [2.45, 2.75) is 63.8 Å². The summed E-state index contributed by atoms with van der Waals surface area (Å²) in [5.41, 5.74) is -0.462. The SMILES string of the molecule is CC(C)(C)OC(=O)N1[C@H]2CC[C@@H]1[C@@H](Oc1ccccn1)C2. The minimum Gasteiger partial charge on any atom is -0.472 e. The first-order valence-corrected chi connectivity index (χ1v) is 7.53. The molecule has 5 nitrogen and oxygen atoms in total. The summed E-state index contributed by atoms with van der Waals surface area (Å²) in [6.45, 7) is 5.68. The van der Waals surface area contributed by atoms with E-state index in [1.807, 2.05) is 43.9 Å². The number of fused-ring (bicyclic) bond motifs is 2. The molecule has 0 N–H and O–H groups in total. The van der Waals surface area contributed by atoms with Gasteiger partial charge in [0.2, 0.25) is 5.88 Å². The fourth-order valence-corrected chi connectivity index (χ4v) is 3.23. The Morgan fingerprint density at radius 1 is 1.33 bits per heavy atom. The Morgan fingerprint density at radius 2 is 2.14 bits per heavy atom. The van der Waals surface area contributed by atoms with Gasteiger partial charge in [0.25, 0.3) is 0 Å². The highest BCUT2D eigenvalue weighted by molar-refractivity contribution is 5.70. The number of carbonyl (C=O) groups is 1. The zero-order valence-corrected chi connectivity index (χ0v) is 12.8. The predicted octanol–water partition coefficient (Wildman–Crippen LogP) is 3.00. The van der Waals surface area contributed by atoms with Gasteiger partial charge in [-0.15, -0.1) is 0 Å². The smallest absolute Gasteiger partial charge is 0.410 e. The Hall–Kier alpha value is -1.78. The third-order valence-electron chi connectivity index (χ3n) is 3.99. The van der Waals surface area contributed by atoms with Crippen molar-refractivity contribution in [1.29, 1.82) is 0 Å². The van der Waals surface area contributed by atoms with Crippen LogP contribution in [0.3, 0.4) is 0 Å². The molecule has 21 heavy (non-hydrogen) atoms. The van der Waals surface area contributed by atoms with Gasteiger partial charge in [-0.1, -0.05) is 6.07 Å². The molecule has 2 fully saturated rings. The molecule has 1 amide bonds. The summed E-state index contributed by atoms with van der Waals surface area (Å²) in [7, 11) is 0. The van der Waals surface area contributed by atoms with Crippen molar-refractivity contribution in [2.75, 3.05) is 0 Å². The third-order valence-corrected chi connectivity index (χ3v) is 3.99. The molecule has 2 aliphatic rings. The average Bonchev–Trinajstić information content (AvgIpc) is 2.95. The summed E-state index contributed by atoms with van der Waals surface area (Å²) in [5, 5.41) is 0. The average molecular weight is 290 g/mol. The molecule has 0 spiro atoms. The highest BCUT2D eigenvalue weighted by Gasteiger charge is 2.51. The molecule has 2 saturated heterocycles. The quantitative estimate of drug-likeness (QED) is 0.840. The van der Waals surface area contributed by atoms with Gasteiger partial charge in [-0.05, 0) is 39.7 Å². The Balaban J connectivity index is 1.68. The third kappa shape index (κ3) is 2.96. The number of rotatable bonds is 2. The zero-order valence-electron chi connectivity index (χ0n) is 12.8. The van der Waals surface area contributed by atoms with E-state index in [9.17, 15) is 4.79 Å². The maximum Gasteiger partial charge on any atom is 0.410 e. The van der Waals surface area contributed by atoms with E-state index >= 15 is 0 Å². The highest BCUT2D eigenvalue weighted by atomic mass is 16.6. The van der Waals surface area contributed by atoms with Gasteiger partial charge in [-0.25, -0.2) is 9.78 Å². The van der Waals surface area contributed by atoms with E-state index in [1.54, 1.807) is 6.20 Å². The van der Waals surface area contributed by atoms with Crippen LogP contribution in [0.25, 0.3) is 0 Å². The summed E-state index contributed by atoms with van der Waals surface area (Å²) in [4.78, 5) is 18.4. The maximum absolute atomic E-state index is 12.4. The van der Waals surface area contributed by atoms with Crippen molar-refractivity contribution < 1.29 is 14.3 Å². The first-order chi connectivity index (χ1) is 9.94. The van der Waals surface area contributed by atoms with Gasteiger partial charge in [0.15, 0.2) is 0 Å². The number of aromatic nitrogens is 1. The van der Waals surface area contributed by atoms with E-state index in [0.717, 1.165) is 19.3 Å². The van der Waals surface area contributed by atoms with Crippen molar-refractivity contribution in [3.05, 3.63) is 24.4 Å². The van der Waals surface area contributed by atoms with Gasteiger partial charge >= 0.3 is 6.09 Å². The molecule has 0 unspecified atom stereocenters. The Labute approximate surface area is 125 Å². The normalized spacial score (nSPS) is 27.8. The minimum absolute atomic E-state index is 0.0196. The maximum atomic E-state index is 12.4. The van der Waals surface area contributed by atoms with Crippen molar-refractivity contribution >= 4 is 6.09 Å². The molecule has 0 radical (unpaired) electrons. The largest absolute Gasteiger partial charge is 0.472 e. The molecule has 0 saturated carbocycles. The van der Waals surface area contributed by atoms with E-state index < -0.39 is 5.60 Å². The van der Waals surface area contributed by atoms with Gasteiger partial charge in [0.1, 0.15) is 11.7 Å². The molecule has 3 atom stereocenters. The number of carbonyl (C=O) groups excluding carboxylic acids is 1. The molecule has 0 aliphatic carbocycles. The summed E-state index contributed by atoms with van der Waals surface area (Å²) in [6, 6.07) is 5.96. The van der Waals surface area contributed by atoms with Crippen LogP contribution < -0.4 is 4.74 Å². The second kappa shape index (κ2) is 5.20. The molecule has 1 aromatic heterocycles. The van der Waals surface area contributed by atoms with Crippen molar-refractivity contribution in [2.24, 2.45) is 0 Å². The van der Waals surface area contributed by atoms with Crippen LogP contribution in [0.2, 0.25) is 0 Å². The first kappa shape index (κ1) is 14.2. The molecular formula is C16H22N2O3. The van der Waals surface area contributed by atoms with Crippen LogP contribution in [0.15, 0.2) is 24.4 Å². The fraction of sp³-hybridized carbons (Fsp3) is 0.625. The van der Waals surface area contributed by atoms with Crippen molar-refractivity contribution in [3.8, 4) is 5.88 Å². The van der Waals surface area contributed by atoms with Crippen LogP contribution in [0.1, 0.15) is 40.0 Å². The van der Waals surface area contributed by atoms with E-state index in [1.165, 1.54) is 0 Å². The number of nitrogens with zero attached hydrogens (tertiary/aromatic N) is 2. The lowest BCUT2D eigenvalue weighted by Crippen LogP contribution is -2.42. The number of ether oxygens (including phenoxy) is 2. The van der Waals surface area contributed by atoms with Gasteiger partial charge in [-0.2, -0.15) is 0 Å². The summed E-state index contributed by atoms with van der Waals surface area (Å²) in [5.74, 6) is 0.624. The molecule has 5 heteroatoms. The first-order valence-electron chi connectivity index (χ1n) is 7.53. The molecule has 2 bridgehead atoms. The summed E-state index contributed by atoms with van der Waals surface area (Å²) in [6.07, 6.45) is 4.38. The topological polar surface area (TPSA) is 51.7 Å². The highest BCUT2D eigenvalue weighted by Crippen LogP contribution is 2.40. The van der Waals surface area contributed by atoms with Crippen LogP contribution >= 0.6 is 0 Å². The zero-order chi connectivity index (χ0) is 15.0. The lowest BCUT2D eigenvalue weighted by Gasteiger charge is -2.28. The minimum atomic E-state index is -0.462. The Morgan fingerprint density at radius 3 is 2.81 bits per heavy atom. The monoisotopic (exact) mass is 290 g/mol. The van der Waals surface area contributed by atoms with Crippen LogP contribution in [0.4, 0.5) is 4.79 Å². The van der Waals surface area contributed by atoms with Gasteiger partial charge in [0.05, 0.1) is 6.04 Å². The standard InChI is InChI=1S/C16H22N2O3/c1-16(2,3)21-15(19)18-11-7-8-12(18)13(10-11)20-14-6-4-5-9-17-14/h4-6,9,11-13H,7-8,10H2,1-3H3/t11-,12+,13-/m0/s1. The summed E-state index contributed by atoms with van der Waals surface area (Å²) < 4.78 is 11.5. The van der Waals surface area contributed by atoms with E-state index in [-0.39, 0.29) is 24.3 Å². The van der Waals surface area contributed by atoms with Gasteiger partial charge in [-0.3, -0.25) is 4.90 Å².